The topological polar surface area (TPSA) is 123 Å². The van der Waals surface area contributed by atoms with E-state index in [0.29, 0.717) is 16.7 Å². The van der Waals surface area contributed by atoms with Crippen molar-refractivity contribution in [2.75, 3.05) is 7.11 Å². The van der Waals surface area contributed by atoms with Crippen LogP contribution in [0.5, 0.6) is 11.5 Å². The van der Waals surface area contributed by atoms with Crippen LogP contribution in [0.3, 0.4) is 0 Å². The maximum Gasteiger partial charge on any atom is 0.269 e. The van der Waals surface area contributed by atoms with E-state index >= 15 is 0 Å². The molecule has 1 atom stereocenters. The molecule has 1 unspecified atom stereocenters. The highest BCUT2D eigenvalue weighted by Crippen LogP contribution is 2.41. The molecule has 0 saturated carbocycles. The standard InChI is InChI=1S/C20H20N4O6S/c1-12(25)21-20-22-23(13(2)26)19(31-20)15-6-9-17(18(10-15)29-3)30-11-14-4-7-16(8-5-14)24(27)28/h4-10,19H,11H2,1-3H3,(H,21,22,25). The molecule has 0 fully saturated rings. The van der Waals surface area contributed by atoms with Crippen LogP contribution in [-0.2, 0) is 16.2 Å². The summed E-state index contributed by atoms with van der Waals surface area (Å²) in [4.78, 5) is 33.6. The van der Waals surface area contributed by atoms with E-state index in [1.165, 1.54) is 49.9 Å². The second-order valence-electron chi connectivity index (χ2n) is 6.54. The number of amides is 2. The van der Waals surface area contributed by atoms with Gasteiger partial charge in [-0.3, -0.25) is 19.7 Å². The van der Waals surface area contributed by atoms with Gasteiger partial charge in [-0.1, -0.05) is 17.8 Å². The Morgan fingerprint density at radius 1 is 1.19 bits per heavy atom. The number of non-ortho nitro benzene ring substituents is 1. The minimum absolute atomic E-state index is 0.00984. The summed E-state index contributed by atoms with van der Waals surface area (Å²) in [5.74, 6) is 0.389. The van der Waals surface area contributed by atoms with Crippen LogP contribution in [-0.4, -0.2) is 34.0 Å². The molecule has 1 N–H and O–H groups in total. The number of nitro benzene ring substituents is 1. The van der Waals surface area contributed by atoms with Crippen LogP contribution in [0.25, 0.3) is 0 Å². The molecule has 31 heavy (non-hydrogen) atoms. The number of hydrazone groups is 1. The van der Waals surface area contributed by atoms with Gasteiger partial charge in [0.05, 0.1) is 12.0 Å². The Morgan fingerprint density at radius 3 is 2.48 bits per heavy atom. The number of carbonyl (C=O) groups is 2. The summed E-state index contributed by atoms with van der Waals surface area (Å²) in [6.45, 7) is 2.96. The summed E-state index contributed by atoms with van der Waals surface area (Å²) in [5.41, 5.74) is 1.51. The van der Waals surface area contributed by atoms with Crippen molar-refractivity contribution in [3.63, 3.8) is 0 Å². The molecule has 1 heterocycles. The van der Waals surface area contributed by atoms with Gasteiger partial charge in [-0.2, -0.15) is 0 Å². The highest BCUT2D eigenvalue weighted by atomic mass is 32.2. The Kier molecular flexibility index (Phi) is 6.75. The minimum atomic E-state index is -0.461. The van der Waals surface area contributed by atoms with Crippen molar-refractivity contribution in [2.45, 2.75) is 25.8 Å². The molecule has 0 spiro atoms. The molecule has 1 aliphatic heterocycles. The molecule has 162 valence electrons. The number of amidine groups is 1. The van der Waals surface area contributed by atoms with E-state index in [0.717, 1.165) is 11.1 Å². The van der Waals surface area contributed by atoms with E-state index in [2.05, 4.69) is 10.4 Å². The first-order valence-corrected chi connectivity index (χ1v) is 10.0. The van der Waals surface area contributed by atoms with Crippen LogP contribution in [0.2, 0.25) is 0 Å². The summed E-state index contributed by atoms with van der Waals surface area (Å²) >= 11 is 1.24. The van der Waals surface area contributed by atoms with Crippen LogP contribution >= 0.6 is 11.8 Å². The smallest absolute Gasteiger partial charge is 0.269 e. The minimum Gasteiger partial charge on any atom is -0.493 e. The number of hydrogen-bond acceptors (Lipinski definition) is 8. The van der Waals surface area contributed by atoms with E-state index in [1.807, 2.05) is 0 Å². The van der Waals surface area contributed by atoms with Gasteiger partial charge < -0.3 is 14.8 Å². The van der Waals surface area contributed by atoms with Crippen molar-refractivity contribution in [3.05, 3.63) is 63.7 Å². The number of thioether (sulfide) groups is 1. The third kappa shape index (κ3) is 5.31. The van der Waals surface area contributed by atoms with Gasteiger partial charge in [0.15, 0.2) is 16.7 Å². The third-order valence-corrected chi connectivity index (χ3v) is 5.37. The largest absolute Gasteiger partial charge is 0.493 e. The first kappa shape index (κ1) is 22.1. The number of hydrogen-bond donors (Lipinski definition) is 1. The zero-order valence-electron chi connectivity index (χ0n) is 17.0. The molecule has 11 heteroatoms. The SMILES string of the molecule is COc1cc(C2SC(NC(C)=O)=NN2C(C)=O)ccc1OCc1ccc([N+](=O)[O-])cc1. The van der Waals surface area contributed by atoms with Gasteiger partial charge in [0.1, 0.15) is 12.0 Å². The number of benzene rings is 2. The number of ether oxygens (including phenoxy) is 2. The lowest BCUT2D eigenvalue weighted by Gasteiger charge is -2.20. The Balaban J connectivity index is 1.75. The molecule has 2 aromatic rings. The van der Waals surface area contributed by atoms with Crippen molar-refractivity contribution in [1.29, 1.82) is 0 Å². The van der Waals surface area contributed by atoms with Crippen molar-refractivity contribution >= 4 is 34.4 Å². The number of nitrogens with zero attached hydrogens (tertiary/aromatic N) is 3. The average Bonchev–Trinajstić information content (AvgIpc) is 3.15. The highest BCUT2D eigenvalue weighted by molar-refractivity contribution is 8.14. The van der Waals surface area contributed by atoms with Gasteiger partial charge in [0.2, 0.25) is 11.8 Å². The molecule has 0 aromatic heterocycles. The summed E-state index contributed by atoms with van der Waals surface area (Å²) in [5, 5.41) is 18.7. The van der Waals surface area contributed by atoms with Crippen molar-refractivity contribution < 1.29 is 24.0 Å². The molecule has 0 bridgehead atoms. The van der Waals surface area contributed by atoms with Gasteiger partial charge in [-0.05, 0) is 35.4 Å². The maximum atomic E-state index is 12.0. The fourth-order valence-corrected chi connectivity index (χ4v) is 3.94. The van der Waals surface area contributed by atoms with Crippen LogP contribution in [0, 0.1) is 10.1 Å². The second kappa shape index (κ2) is 9.47. The predicted molar refractivity (Wildman–Crippen MR) is 115 cm³/mol. The molecule has 2 aromatic carbocycles. The lowest BCUT2D eigenvalue weighted by atomic mass is 10.2. The molecule has 3 rings (SSSR count). The summed E-state index contributed by atoms with van der Waals surface area (Å²) in [7, 11) is 1.50. The second-order valence-corrected chi connectivity index (χ2v) is 7.61. The summed E-state index contributed by atoms with van der Waals surface area (Å²) in [6, 6.07) is 11.3. The van der Waals surface area contributed by atoms with Crippen LogP contribution in [0.4, 0.5) is 5.69 Å². The number of nitro groups is 1. The maximum absolute atomic E-state index is 12.0. The third-order valence-electron chi connectivity index (χ3n) is 4.26. The van der Waals surface area contributed by atoms with Gasteiger partial charge in [0.25, 0.3) is 5.69 Å². The fraction of sp³-hybridized carbons (Fsp3) is 0.250. The van der Waals surface area contributed by atoms with E-state index in [4.69, 9.17) is 9.47 Å². The van der Waals surface area contributed by atoms with E-state index < -0.39 is 10.3 Å². The zero-order valence-corrected chi connectivity index (χ0v) is 17.8. The molecule has 0 radical (unpaired) electrons. The van der Waals surface area contributed by atoms with E-state index in [-0.39, 0.29) is 24.1 Å². The monoisotopic (exact) mass is 444 g/mol. The Labute approximate surface area is 182 Å². The fourth-order valence-electron chi connectivity index (χ4n) is 2.81. The zero-order chi connectivity index (χ0) is 22.5. The van der Waals surface area contributed by atoms with Gasteiger partial charge in [-0.25, -0.2) is 5.01 Å². The number of methoxy groups -OCH3 is 1. The Morgan fingerprint density at radius 2 is 1.90 bits per heavy atom. The Hall–Kier alpha value is -3.60. The van der Waals surface area contributed by atoms with Gasteiger partial charge in [-0.15, -0.1) is 5.10 Å². The lowest BCUT2D eigenvalue weighted by Crippen LogP contribution is -2.25. The van der Waals surface area contributed by atoms with E-state index in [1.54, 1.807) is 30.3 Å². The van der Waals surface area contributed by atoms with Crippen LogP contribution in [0.1, 0.15) is 30.3 Å². The molecule has 0 saturated heterocycles. The number of rotatable bonds is 6. The first-order valence-electron chi connectivity index (χ1n) is 9.15. The molecule has 1 aliphatic rings. The summed E-state index contributed by atoms with van der Waals surface area (Å²) in [6.07, 6.45) is 0. The van der Waals surface area contributed by atoms with E-state index in [9.17, 15) is 19.7 Å². The number of nitrogens with one attached hydrogen (secondary N) is 1. The number of carbonyl (C=O) groups excluding carboxylic acids is 2. The van der Waals surface area contributed by atoms with Crippen LogP contribution < -0.4 is 14.8 Å². The average molecular weight is 444 g/mol. The van der Waals surface area contributed by atoms with Gasteiger partial charge in [0, 0.05) is 26.0 Å². The summed E-state index contributed by atoms with van der Waals surface area (Å²) < 4.78 is 11.2. The predicted octanol–water partition coefficient (Wildman–Crippen LogP) is 3.18. The lowest BCUT2D eigenvalue weighted by molar-refractivity contribution is -0.384. The van der Waals surface area contributed by atoms with Crippen molar-refractivity contribution in [2.24, 2.45) is 5.10 Å². The normalized spacial score (nSPS) is 15.3. The molecular weight excluding hydrogens is 424 g/mol. The quantitative estimate of drug-likeness (QED) is 0.536. The highest BCUT2D eigenvalue weighted by Gasteiger charge is 2.32. The Bertz CT molecular complexity index is 1040. The van der Waals surface area contributed by atoms with Crippen molar-refractivity contribution in [1.82, 2.24) is 10.3 Å². The molecule has 0 aliphatic carbocycles. The van der Waals surface area contributed by atoms with Crippen molar-refractivity contribution in [3.8, 4) is 11.5 Å². The first-order chi connectivity index (χ1) is 14.8. The van der Waals surface area contributed by atoms with Gasteiger partial charge >= 0.3 is 0 Å². The molecular formula is C20H20N4O6S. The van der Waals surface area contributed by atoms with Crippen LogP contribution in [0.15, 0.2) is 47.6 Å². The molecule has 2 amide bonds. The molecule has 10 nitrogen and oxygen atoms in total.